The smallest absolute Gasteiger partial charge is 0.243 e. The van der Waals surface area contributed by atoms with E-state index in [4.69, 9.17) is 0 Å². The number of carbonyl (C=O) groups excluding carboxylic acids is 3. The molecule has 3 amide bonds. The molecule has 8 nitrogen and oxygen atoms in total. The van der Waals surface area contributed by atoms with E-state index in [0.717, 1.165) is 51.5 Å². The average Bonchev–Trinajstić information content (AvgIpc) is 3.26. The van der Waals surface area contributed by atoms with Gasteiger partial charge in [-0.25, -0.2) is 0 Å². The first-order chi connectivity index (χ1) is 16.6. The van der Waals surface area contributed by atoms with Gasteiger partial charge in [-0.05, 0) is 57.3 Å². The van der Waals surface area contributed by atoms with E-state index < -0.39 is 6.04 Å². The fraction of sp³-hybridized carbons (Fsp3) is 0.889. The molecule has 0 aromatic carbocycles. The average molecular weight is 492 g/mol. The van der Waals surface area contributed by atoms with Crippen molar-refractivity contribution in [3.63, 3.8) is 0 Å². The van der Waals surface area contributed by atoms with Crippen LogP contribution in [0.25, 0.3) is 0 Å². The second-order valence-corrected chi connectivity index (χ2v) is 12.1. The van der Waals surface area contributed by atoms with E-state index in [1.807, 2.05) is 11.8 Å². The summed E-state index contributed by atoms with van der Waals surface area (Å²) in [4.78, 5) is 41.3. The topological polar surface area (TPSA) is 103 Å². The molecule has 3 aliphatic rings. The minimum atomic E-state index is -0.861. The summed E-state index contributed by atoms with van der Waals surface area (Å²) in [6.45, 7) is 11.1. The van der Waals surface area contributed by atoms with Crippen LogP contribution in [0.3, 0.4) is 0 Å². The molecule has 3 fully saturated rings. The zero-order valence-corrected chi connectivity index (χ0v) is 22.6. The summed E-state index contributed by atoms with van der Waals surface area (Å²) < 4.78 is 0. The van der Waals surface area contributed by atoms with E-state index in [2.05, 4.69) is 49.0 Å². The summed E-state index contributed by atoms with van der Waals surface area (Å²) in [7, 11) is 0. The summed E-state index contributed by atoms with van der Waals surface area (Å²) >= 11 is 0. The van der Waals surface area contributed by atoms with Crippen molar-refractivity contribution in [2.75, 3.05) is 6.54 Å². The fourth-order valence-electron chi connectivity index (χ4n) is 5.75. The molecule has 0 aromatic rings. The number of rotatable bonds is 9. The van der Waals surface area contributed by atoms with Gasteiger partial charge in [-0.15, -0.1) is 0 Å². The lowest BCUT2D eigenvalue weighted by Crippen LogP contribution is -2.57. The van der Waals surface area contributed by atoms with Crippen molar-refractivity contribution in [3.05, 3.63) is 0 Å². The maximum atomic E-state index is 13.4. The van der Waals surface area contributed by atoms with Crippen molar-refractivity contribution in [1.82, 2.24) is 26.2 Å². The van der Waals surface area contributed by atoms with Crippen molar-refractivity contribution < 1.29 is 14.4 Å². The van der Waals surface area contributed by atoms with Gasteiger partial charge in [0, 0.05) is 31.1 Å². The van der Waals surface area contributed by atoms with Crippen LogP contribution in [0.15, 0.2) is 0 Å². The van der Waals surface area contributed by atoms with E-state index in [9.17, 15) is 14.4 Å². The summed E-state index contributed by atoms with van der Waals surface area (Å²) in [5.41, 5.74) is 0.0260. The molecule has 8 heteroatoms. The Balaban J connectivity index is 1.63. The van der Waals surface area contributed by atoms with E-state index in [0.29, 0.717) is 18.5 Å². The molecule has 2 saturated heterocycles. The maximum absolute atomic E-state index is 13.4. The van der Waals surface area contributed by atoms with Crippen molar-refractivity contribution >= 4 is 17.7 Å². The van der Waals surface area contributed by atoms with Crippen LogP contribution in [0.5, 0.6) is 0 Å². The zero-order valence-electron chi connectivity index (χ0n) is 22.6. The number of hydrogen-bond donors (Lipinski definition) is 4. The Bertz CT molecular complexity index is 723. The lowest BCUT2D eigenvalue weighted by atomic mass is 9.90. The normalized spacial score (nSPS) is 28.7. The molecule has 0 bridgehead atoms. The van der Waals surface area contributed by atoms with E-state index >= 15 is 0 Å². The van der Waals surface area contributed by atoms with Gasteiger partial charge >= 0.3 is 0 Å². The summed E-state index contributed by atoms with van der Waals surface area (Å²) in [5, 5.41) is 13.3. The Morgan fingerprint density at radius 3 is 2.20 bits per heavy atom. The van der Waals surface area contributed by atoms with Crippen LogP contribution < -0.4 is 21.3 Å². The van der Waals surface area contributed by atoms with Gasteiger partial charge in [0.15, 0.2) is 0 Å². The monoisotopic (exact) mass is 491 g/mol. The molecule has 1 aliphatic carbocycles. The lowest BCUT2D eigenvalue weighted by molar-refractivity contribution is -0.139. The van der Waals surface area contributed by atoms with Gasteiger partial charge in [0.05, 0.1) is 18.6 Å². The number of carbonyl (C=O) groups is 3. The van der Waals surface area contributed by atoms with Crippen LogP contribution in [0.2, 0.25) is 0 Å². The van der Waals surface area contributed by atoms with Crippen LogP contribution >= 0.6 is 0 Å². The predicted molar refractivity (Wildman–Crippen MR) is 139 cm³/mol. The molecular formula is C27H49N5O3. The van der Waals surface area contributed by atoms with Crippen LogP contribution in [0, 0.1) is 5.41 Å². The SMILES string of the molecule is CC[C@H]1CCCCN1C(=O)C[C@H](NC(=O)CCC(C)(C)C)C(=O)N[C@@H](C)C1NC2CCCCC2N1. The van der Waals surface area contributed by atoms with E-state index in [1.165, 1.54) is 12.8 Å². The molecule has 2 aliphatic heterocycles. The molecule has 1 saturated carbocycles. The molecule has 35 heavy (non-hydrogen) atoms. The van der Waals surface area contributed by atoms with Gasteiger partial charge in [0.2, 0.25) is 17.7 Å². The number of nitrogens with one attached hydrogen (secondary N) is 4. The number of hydrogen-bond acceptors (Lipinski definition) is 5. The fourth-order valence-corrected chi connectivity index (χ4v) is 5.75. The van der Waals surface area contributed by atoms with Crippen LogP contribution in [0.4, 0.5) is 0 Å². The van der Waals surface area contributed by atoms with Crippen molar-refractivity contribution in [2.45, 2.75) is 142 Å². The maximum Gasteiger partial charge on any atom is 0.243 e. The first-order valence-corrected chi connectivity index (χ1v) is 14.0. The van der Waals surface area contributed by atoms with Crippen molar-refractivity contribution in [1.29, 1.82) is 0 Å². The van der Waals surface area contributed by atoms with E-state index in [-0.39, 0.29) is 47.8 Å². The summed E-state index contributed by atoms with van der Waals surface area (Å²) in [5.74, 6) is -0.489. The molecule has 0 aromatic heterocycles. The molecular weight excluding hydrogens is 442 g/mol. The Kier molecular flexibility index (Phi) is 9.99. The highest BCUT2D eigenvalue weighted by atomic mass is 16.2. The Labute approximate surface area is 212 Å². The standard InChI is InChI=1S/C27H49N5O3/c1-6-19-11-9-10-16-32(19)24(34)17-22(29-23(33)14-15-27(3,4)5)26(35)28-18(2)25-30-20-12-7-8-13-21(20)31-25/h18-22,25,30-31H,6-17H2,1-5H3,(H,28,35)(H,29,33)/t18-,19-,20?,21?,22-,25?/m0/s1. The van der Waals surface area contributed by atoms with Crippen molar-refractivity contribution in [2.24, 2.45) is 5.41 Å². The molecule has 200 valence electrons. The van der Waals surface area contributed by atoms with Crippen LogP contribution in [0.1, 0.15) is 105 Å². The molecule has 2 unspecified atom stereocenters. The van der Waals surface area contributed by atoms with Gasteiger partial charge in [-0.3, -0.25) is 25.0 Å². The highest BCUT2D eigenvalue weighted by Crippen LogP contribution is 2.24. The first-order valence-electron chi connectivity index (χ1n) is 14.0. The number of amides is 3. The highest BCUT2D eigenvalue weighted by Gasteiger charge is 2.38. The minimum absolute atomic E-state index is 0.00703. The van der Waals surface area contributed by atoms with Crippen LogP contribution in [-0.4, -0.2) is 65.5 Å². The van der Waals surface area contributed by atoms with Gasteiger partial charge in [0.1, 0.15) is 6.04 Å². The molecule has 0 spiro atoms. The molecule has 3 rings (SSSR count). The number of likely N-dealkylation sites (tertiary alicyclic amines) is 1. The number of fused-ring (bicyclic) bond motifs is 1. The van der Waals surface area contributed by atoms with Crippen LogP contribution in [-0.2, 0) is 14.4 Å². The first kappa shape index (κ1) is 27.9. The van der Waals surface area contributed by atoms with E-state index in [1.54, 1.807) is 0 Å². The van der Waals surface area contributed by atoms with Gasteiger partial charge in [0.25, 0.3) is 0 Å². The quantitative estimate of drug-likeness (QED) is 0.397. The highest BCUT2D eigenvalue weighted by molar-refractivity contribution is 5.92. The summed E-state index contributed by atoms with van der Waals surface area (Å²) in [6, 6.07) is 0.113. The zero-order chi connectivity index (χ0) is 25.6. The lowest BCUT2D eigenvalue weighted by Gasteiger charge is -2.36. The van der Waals surface area contributed by atoms with Crippen molar-refractivity contribution in [3.8, 4) is 0 Å². The second-order valence-electron chi connectivity index (χ2n) is 12.1. The Morgan fingerprint density at radius 2 is 1.60 bits per heavy atom. The Morgan fingerprint density at radius 1 is 0.971 bits per heavy atom. The molecule has 2 heterocycles. The molecule has 5 atom stereocenters. The Hall–Kier alpha value is -1.67. The van der Waals surface area contributed by atoms with Gasteiger partial charge in [-0.1, -0.05) is 40.5 Å². The molecule has 4 N–H and O–H groups in total. The largest absolute Gasteiger partial charge is 0.349 e. The number of nitrogens with zero attached hydrogens (tertiary/aromatic N) is 1. The van der Waals surface area contributed by atoms with Gasteiger partial charge in [-0.2, -0.15) is 0 Å². The molecule has 0 radical (unpaired) electrons. The second kappa shape index (κ2) is 12.5. The minimum Gasteiger partial charge on any atom is -0.349 e. The summed E-state index contributed by atoms with van der Waals surface area (Å²) in [6.07, 6.45) is 9.91. The third-order valence-electron chi connectivity index (χ3n) is 7.97. The third kappa shape index (κ3) is 8.17. The predicted octanol–water partition coefficient (Wildman–Crippen LogP) is 2.81. The number of piperidine rings is 1. The van der Waals surface area contributed by atoms with Gasteiger partial charge < -0.3 is 15.5 Å². The third-order valence-corrected chi connectivity index (χ3v) is 7.97.